The number of halogens is 9. The summed E-state index contributed by atoms with van der Waals surface area (Å²) in [5, 5.41) is 0. The topological polar surface area (TPSA) is 19.0 Å². The number of anilines is 1. The zero-order valence-electron chi connectivity index (χ0n) is 40.6. The molecule has 6 rings (SSSR count). The van der Waals surface area contributed by atoms with Gasteiger partial charge in [0.1, 0.15) is 13.1 Å². The maximum absolute atomic E-state index is 14.1. The number of allylic oxidation sites excluding steroid dienone is 2. The van der Waals surface area contributed by atoms with E-state index in [2.05, 4.69) is 14.1 Å². The molecule has 3 aromatic rings. The molecule has 0 bridgehead atoms. The number of hydrogen-bond acceptors (Lipinski definition) is 4. The van der Waals surface area contributed by atoms with Crippen LogP contribution in [0.2, 0.25) is 0 Å². The van der Waals surface area contributed by atoms with E-state index in [1.54, 1.807) is 18.2 Å². The molecule has 0 amide bonds. The molecule has 3 heterocycles. The minimum Gasteiger partial charge on any atom is -0.384 e. The average Bonchev–Trinajstić information content (AvgIpc) is 3.66. The van der Waals surface area contributed by atoms with Crippen molar-refractivity contribution < 1.29 is 48.7 Å². The van der Waals surface area contributed by atoms with E-state index in [1.807, 2.05) is 135 Å². The van der Waals surface area contributed by atoms with Crippen LogP contribution in [0.5, 0.6) is 0 Å². The molecule has 364 valence electrons. The molecule has 0 N–H and O–H groups in total. The van der Waals surface area contributed by atoms with E-state index in [1.165, 1.54) is 18.2 Å². The fourth-order valence-corrected chi connectivity index (χ4v) is 10.0. The van der Waals surface area contributed by atoms with E-state index >= 15 is 0 Å². The van der Waals surface area contributed by atoms with Crippen molar-refractivity contribution in [1.82, 2.24) is 14.7 Å². The van der Waals surface area contributed by atoms with Crippen molar-refractivity contribution >= 4 is 28.5 Å². The third-order valence-corrected chi connectivity index (χ3v) is 13.8. The molecule has 0 aliphatic carbocycles. The normalized spacial score (nSPS) is 18.9. The molecular weight excluding hydrogens is 880 g/mol. The van der Waals surface area contributed by atoms with E-state index in [4.69, 9.17) is 0 Å². The molecule has 0 saturated heterocycles. The van der Waals surface area contributed by atoms with Gasteiger partial charge in [0.25, 0.3) is 0 Å². The van der Waals surface area contributed by atoms with Crippen LogP contribution in [0.4, 0.5) is 56.6 Å². The van der Waals surface area contributed by atoms with E-state index in [0.717, 1.165) is 29.6 Å². The quantitative estimate of drug-likeness (QED) is 0.112. The molecular formula is C52H65F9N6+2. The van der Waals surface area contributed by atoms with Gasteiger partial charge in [-0.1, -0.05) is 13.8 Å². The SMILES string of the molecule is CN(C)/C=C/C1=[N+](CCC(CCN2c3ccc(C(F)(F)F)cc3C(C)(C)C2/C=C/N(C)C)CC[N+]2=C(/C=C/N(C)C)C(C)(C)c3cc(C(F)(F)F)ccc32)c2ccc(C(F)(F)F)cc2C1(C)C. The lowest BCUT2D eigenvalue weighted by Gasteiger charge is -2.33. The first-order valence-corrected chi connectivity index (χ1v) is 22.6. The van der Waals surface area contributed by atoms with Crippen molar-refractivity contribution in [2.45, 2.75) is 102 Å². The summed E-state index contributed by atoms with van der Waals surface area (Å²) in [7, 11) is 11.3. The van der Waals surface area contributed by atoms with Gasteiger partial charge >= 0.3 is 18.5 Å². The van der Waals surface area contributed by atoms with Gasteiger partial charge in [0.15, 0.2) is 11.4 Å². The zero-order chi connectivity index (χ0) is 49.8. The first-order valence-electron chi connectivity index (χ1n) is 22.6. The van der Waals surface area contributed by atoms with Gasteiger partial charge < -0.3 is 19.6 Å². The second kappa shape index (κ2) is 18.4. The average molecular weight is 945 g/mol. The predicted molar refractivity (Wildman–Crippen MR) is 250 cm³/mol. The number of hydrogen-bond donors (Lipinski definition) is 0. The Morgan fingerprint density at radius 3 is 1.33 bits per heavy atom. The summed E-state index contributed by atoms with van der Waals surface area (Å²) in [6, 6.07) is 11.4. The van der Waals surface area contributed by atoms with Gasteiger partial charge in [0.2, 0.25) is 11.4 Å². The molecule has 0 saturated carbocycles. The van der Waals surface area contributed by atoms with Crippen molar-refractivity contribution in [2.75, 3.05) is 66.8 Å². The van der Waals surface area contributed by atoms with Crippen molar-refractivity contribution in [3.63, 3.8) is 0 Å². The van der Waals surface area contributed by atoms with E-state index in [9.17, 15) is 39.5 Å². The van der Waals surface area contributed by atoms with Crippen LogP contribution in [-0.2, 0) is 34.8 Å². The first kappa shape index (κ1) is 51.2. The van der Waals surface area contributed by atoms with E-state index in [0.29, 0.717) is 72.6 Å². The molecule has 15 heteroatoms. The minimum atomic E-state index is -4.53. The Labute approximate surface area is 390 Å². The third kappa shape index (κ3) is 10.5. The second-order valence-corrected chi connectivity index (χ2v) is 20.5. The molecule has 1 atom stereocenters. The molecule has 0 fully saturated rings. The van der Waals surface area contributed by atoms with E-state index < -0.39 is 51.5 Å². The summed E-state index contributed by atoms with van der Waals surface area (Å²) in [5.41, 5.74) is 1.01. The maximum Gasteiger partial charge on any atom is 0.416 e. The smallest absolute Gasteiger partial charge is 0.384 e. The van der Waals surface area contributed by atoms with Crippen LogP contribution in [0.15, 0.2) is 91.4 Å². The monoisotopic (exact) mass is 945 g/mol. The van der Waals surface area contributed by atoms with Crippen LogP contribution in [0, 0.1) is 5.92 Å². The largest absolute Gasteiger partial charge is 0.416 e. The second-order valence-electron chi connectivity index (χ2n) is 20.5. The predicted octanol–water partition coefficient (Wildman–Crippen LogP) is 12.4. The molecule has 0 radical (unpaired) electrons. The van der Waals surface area contributed by atoms with Gasteiger partial charge in [0.05, 0.1) is 33.6 Å². The minimum absolute atomic E-state index is 0.0681. The molecule has 0 spiro atoms. The number of fused-ring (bicyclic) bond motifs is 3. The summed E-state index contributed by atoms with van der Waals surface area (Å²) in [6.07, 6.45) is -0.270. The number of rotatable bonds is 15. The zero-order valence-corrected chi connectivity index (χ0v) is 40.6. The third-order valence-electron chi connectivity index (χ3n) is 13.8. The van der Waals surface area contributed by atoms with E-state index in [-0.39, 0.29) is 12.0 Å². The number of alkyl halides is 9. The van der Waals surface area contributed by atoms with Crippen LogP contribution in [-0.4, -0.2) is 103 Å². The van der Waals surface area contributed by atoms with Crippen molar-refractivity contribution in [3.05, 3.63) is 125 Å². The molecule has 3 aliphatic heterocycles. The summed E-state index contributed by atoms with van der Waals surface area (Å²) in [5.74, 6) is -0.0681. The lowest BCUT2D eigenvalue weighted by molar-refractivity contribution is -0.446. The highest BCUT2D eigenvalue weighted by Gasteiger charge is 2.49. The molecule has 0 aromatic heterocycles. The maximum atomic E-state index is 14.1. The molecule has 3 aliphatic rings. The van der Waals surface area contributed by atoms with Gasteiger partial charge in [0, 0.05) is 121 Å². The van der Waals surface area contributed by atoms with Crippen molar-refractivity contribution in [3.8, 4) is 0 Å². The summed E-state index contributed by atoms with van der Waals surface area (Å²) in [6.45, 7) is 13.0. The van der Waals surface area contributed by atoms with Gasteiger partial charge in [-0.05, 0) is 100 Å². The summed E-state index contributed by atoms with van der Waals surface area (Å²) in [4.78, 5) is 7.80. The van der Waals surface area contributed by atoms with Crippen LogP contribution in [0.1, 0.15) is 94.2 Å². The molecule has 1 unspecified atom stereocenters. The van der Waals surface area contributed by atoms with Crippen LogP contribution >= 0.6 is 0 Å². The fourth-order valence-electron chi connectivity index (χ4n) is 10.0. The standard InChI is InChI=1S/C52H65F9N6/c1-47(2)38-31-35(50(53,54)55)13-16-41(38)65(44(47)22-25-62(7)8)28-19-34(20-29-66-42-17-14-36(51(56,57)58)32-39(42)48(3,4)45(66)23-26-63(9)10)21-30-67-43-18-15-37(52(59,60)61)33-40(43)49(5,6)46(67)24-27-64(11)12/h13-18,22-27,31-34,44H,19-21,28-30H2,1-12H3/q+2/b25-22+. The summed E-state index contributed by atoms with van der Waals surface area (Å²) < 4.78 is 131. The first-order chi connectivity index (χ1) is 30.9. The highest BCUT2D eigenvalue weighted by Crippen LogP contribution is 2.49. The van der Waals surface area contributed by atoms with Crippen molar-refractivity contribution in [2.24, 2.45) is 5.92 Å². The Balaban J connectivity index is 1.44. The Morgan fingerprint density at radius 1 is 0.552 bits per heavy atom. The number of benzene rings is 3. The van der Waals surface area contributed by atoms with Crippen LogP contribution in [0.3, 0.4) is 0 Å². The Hall–Kier alpha value is -5.21. The lowest BCUT2D eigenvalue weighted by Crippen LogP contribution is -2.41. The number of nitrogens with zero attached hydrogens (tertiary/aromatic N) is 6. The molecule has 67 heavy (non-hydrogen) atoms. The van der Waals surface area contributed by atoms with Gasteiger partial charge in [-0.15, -0.1) is 0 Å². The summed E-state index contributed by atoms with van der Waals surface area (Å²) >= 11 is 0. The fraction of sp³-hybridized carbons (Fsp3) is 0.500. The van der Waals surface area contributed by atoms with Crippen molar-refractivity contribution in [1.29, 1.82) is 0 Å². The van der Waals surface area contributed by atoms with Gasteiger partial charge in [-0.2, -0.15) is 48.7 Å². The van der Waals surface area contributed by atoms with Crippen LogP contribution in [0.25, 0.3) is 0 Å². The Bertz CT molecular complexity index is 2360. The van der Waals surface area contributed by atoms with Gasteiger partial charge in [-0.3, -0.25) is 0 Å². The van der Waals surface area contributed by atoms with Crippen LogP contribution < -0.4 is 4.90 Å². The highest BCUT2D eigenvalue weighted by atomic mass is 19.4. The Kier molecular flexibility index (Phi) is 14.0. The Morgan fingerprint density at radius 2 is 0.940 bits per heavy atom. The molecule has 3 aromatic carbocycles. The van der Waals surface area contributed by atoms with Gasteiger partial charge in [-0.25, -0.2) is 0 Å². The molecule has 6 nitrogen and oxygen atoms in total. The lowest BCUT2D eigenvalue weighted by atomic mass is 9.80. The highest BCUT2D eigenvalue weighted by molar-refractivity contribution is 6.03.